The van der Waals surface area contributed by atoms with Gasteiger partial charge in [0.15, 0.2) is 11.5 Å². The third-order valence-electron chi connectivity index (χ3n) is 10.6. The predicted octanol–water partition coefficient (Wildman–Crippen LogP) is 5.55. The van der Waals surface area contributed by atoms with Gasteiger partial charge in [-0.05, 0) is 67.6 Å². The number of allylic oxidation sites excluding steroid dienone is 2. The van der Waals surface area contributed by atoms with Gasteiger partial charge >= 0.3 is 0 Å². The number of nitrogens with zero attached hydrogens (tertiary/aromatic N) is 3. The van der Waals surface area contributed by atoms with Crippen molar-refractivity contribution in [2.45, 2.75) is 25.7 Å². The van der Waals surface area contributed by atoms with Crippen molar-refractivity contribution in [3.8, 4) is 17.2 Å². The number of methoxy groups -OCH3 is 2. The maximum Gasteiger partial charge on any atom is 0.271 e. The number of benzene rings is 3. The van der Waals surface area contributed by atoms with Crippen LogP contribution >= 0.6 is 11.6 Å². The standard InChI is InChI=1S/C35H29ClFN3O9/c1-35-23(32(43)39(34(35)45)18-7-10-25(37)24(36)14-18)15-22-20(29(35)16-11-26(48-2)30(41)27(12-16)49-3)8-9-21-28(22)33(44)38(31(21)42)17-5-4-6-19(13-17)40(46)47/h4-8,10-14,21-23,28-29,41H,9,15H2,1-3H3/t21-,22+,23-,28-,29-,35+/m0/s1. The molecule has 2 aliphatic heterocycles. The van der Waals surface area contributed by atoms with E-state index < -0.39 is 69.4 Å². The molecule has 12 nitrogen and oxygen atoms in total. The molecule has 2 saturated heterocycles. The molecule has 0 bridgehead atoms. The molecule has 3 aromatic rings. The number of aromatic hydroxyl groups is 1. The Hall–Kier alpha value is -5.30. The summed E-state index contributed by atoms with van der Waals surface area (Å²) in [5, 5.41) is 22.0. The van der Waals surface area contributed by atoms with Crippen molar-refractivity contribution in [2.24, 2.45) is 29.1 Å². The number of imide groups is 2. The number of nitro groups is 1. The molecular formula is C35H29ClFN3O9. The van der Waals surface area contributed by atoms with E-state index in [0.717, 1.165) is 15.9 Å². The molecule has 2 aliphatic carbocycles. The summed E-state index contributed by atoms with van der Waals surface area (Å²) in [4.78, 5) is 69.9. The summed E-state index contributed by atoms with van der Waals surface area (Å²) in [5.41, 5.74) is -0.484. The highest BCUT2D eigenvalue weighted by Crippen LogP contribution is 2.64. The Morgan fingerprint density at radius 2 is 1.61 bits per heavy atom. The predicted molar refractivity (Wildman–Crippen MR) is 173 cm³/mol. The van der Waals surface area contributed by atoms with Gasteiger partial charge in [-0.2, -0.15) is 0 Å². The highest BCUT2D eigenvalue weighted by Gasteiger charge is 2.67. The molecule has 14 heteroatoms. The van der Waals surface area contributed by atoms with Crippen LogP contribution in [-0.4, -0.2) is 47.9 Å². The van der Waals surface area contributed by atoms with Crippen LogP contribution in [-0.2, 0) is 19.2 Å². The lowest BCUT2D eigenvalue weighted by Crippen LogP contribution is -2.48. The minimum absolute atomic E-state index is 0.0319. The van der Waals surface area contributed by atoms with Crippen LogP contribution in [0.1, 0.15) is 31.2 Å². The lowest BCUT2D eigenvalue weighted by atomic mass is 9.51. The summed E-state index contributed by atoms with van der Waals surface area (Å²) in [6.45, 7) is 1.67. The van der Waals surface area contributed by atoms with Gasteiger partial charge in [0.1, 0.15) is 5.82 Å². The van der Waals surface area contributed by atoms with E-state index in [2.05, 4.69) is 0 Å². The molecule has 0 spiro atoms. The molecule has 1 N–H and O–H groups in total. The molecule has 3 fully saturated rings. The van der Waals surface area contributed by atoms with E-state index >= 15 is 0 Å². The highest BCUT2D eigenvalue weighted by molar-refractivity contribution is 6.32. The lowest BCUT2D eigenvalue weighted by Gasteiger charge is -2.49. The first-order valence-electron chi connectivity index (χ1n) is 15.4. The van der Waals surface area contributed by atoms with Crippen molar-refractivity contribution in [3.05, 3.63) is 92.8 Å². The van der Waals surface area contributed by atoms with E-state index in [0.29, 0.717) is 11.1 Å². The minimum atomic E-state index is -1.45. The number of carbonyl (C=O) groups excluding carboxylic acids is 4. The van der Waals surface area contributed by atoms with E-state index in [1.54, 1.807) is 19.1 Å². The zero-order valence-electron chi connectivity index (χ0n) is 26.4. The van der Waals surface area contributed by atoms with Crippen molar-refractivity contribution >= 4 is 52.3 Å². The second-order valence-corrected chi connectivity index (χ2v) is 13.2. The first kappa shape index (κ1) is 32.3. The molecule has 4 aliphatic rings. The van der Waals surface area contributed by atoms with Gasteiger partial charge in [-0.15, -0.1) is 0 Å². The molecule has 252 valence electrons. The molecule has 7 rings (SSSR count). The number of hydrogen-bond donors (Lipinski definition) is 1. The maximum absolute atomic E-state index is 14.6. The number of fused-ring (bicyclic) bond motifs is 4. The molecular weight excluding hydrogens is 661 g/mol. The normalized spacial score (nSPS) is 27.4. The summed E-state index contributed by atoms with van der Waals surface area (Å²) in [6, 6.07) is 11.9. The Kier molecular flexibility index (Phi) is 7.51. The number of carbonyl (C=O) groups is 4. The molecule has 0 unspecified atom stereocenters. The van der Waals surface area contributed by atoms with Crippen LogP contribution in [0.3, 0.4) is 0 Å². The summed E-state index contributed by atoms with van der Waals surface area (Å²) in [5.74, 6) is -7.44. The maximum atomic E-state index is 14.6. The van der Waals surface area contributed by atoms with Crippen LogP contribution in [0, 0.1) is 45.0 Å². The number of nitro benzene ring substituents is 1. The molecule has 3 aromatic carbocycles. The summed E-state index contributed by atoms with van der Waals surface area (Å²) >= 11 is 6.07. The SMILES string of the molecule is COc1cc([C@H]2C3=CC[C@@H]4C(=O)N(c5cccc([N+](=O)[O-])c5)C(=O)[C@@H]4[C@@H]3C[C@H]3C(=O)N(c4ccc(F)c(Cl)c4)C(=O)[C@@]23C)cc(OC)c1O. The fraction of sp³-hybridized carbons (Fsp3) is 0.314. The second kappa shape index (κ2) is 11.4. The Morgan fingerprint density at radius 1 is 0.939 bits per heavy atom. The molecule has 0 aromatic heterocycles. The van der Waals surface area contributed by atoms with Gasteiger partial charge in [0.2, 0.25) is 29.4 Å². The third kappa shape index (κ3) is 4.55. The van der Waals surface area contributed by atoms with Gasteiger partial charge in [-0.3, -0.25) is 29.3 Å². The molecule has 49 heavy (non-hydrogen) atoms. The Morgan fingerprint density at radius 3 is 2.24 bits per heavy atom. The Labute approximate surface area is 283 Å². The van der Waals surface area contributed by atoms with Crippen molar-refractivity contribution < 1.29 is 43.1 Å². The van der Waals surface area contributed by atoms with E-state index in [4.69, 9.17) is 21.1 Å². The quantitative estimate of drug-likeness (QED) is 0.152. The van der Waals surface area contributed by atoms with Crippen LogP contribution in [0.2, 0.25) is 5.02 Å². The fourth-order valence-corrected chi connectivity index (χ4v) is 8.52. The van der Waals surface area contributed by atoms with Gasteiger partial charge in [-0.1, -0.05) is 29.3 Å². The monoisotopic (exact) mass is 689 g/mol. The van der Waals surface area contributed by atoms with Crippen molar-refractivity contribution in [3.63, 3.8) is 0 Å². The number of halogens is 2. The molecule has 2 heterocycles. The first-order chi connectivity index (χ1) is 23.3. The number of anilines is 2. The van der Waals surface area contributed by atoms with Gasteiger partial charge in [-0.25, -0.2) is 14.2 Å². The Balaban J connectivity index is 1.39. The van der Waals surface area contributed by atoms with Crippen LogP contribution in [0.25, 0.3) is 0 Å². The van der Waals surface area contributed by atoms with Gasteiger partial charge in [0, 0.05) is 18.1 Å². The Bertz CT molecular complexity index is 2010. The zero-order valence-corrected chi connectivity index (χ0v) is 27.1. The molecule has 6 atom stereocenters. The average Bonchev–Trinajstić information content (AvgIpc) is 3.45. The highest BCUT2D eigenvalue weighted by atomic mass is 35.5. The smallest absolute Gasteiger partial charge is 0.271 e. The van der Waals surface area contributed by atoms with E-state index in [9.17, 15) is 38.8 Å². The van der Waals surface area contributed by atoms with Crippen molar-refractivity contribution in [1.29, 1.82) is 0 Å². The van der Waals surface area contributed by atoms with E-state index in [1.807, 2.05) is 6.08 Å². The molecule has 0 radical (unpaired) electrons. The largest absolute Gasteiger partial charge is 0.502 e. The molecule has 1 saturated carbocycles. The third-order valence-corrected chi connectivity index (χ3v) is 10.9. The van der Waals surface area contributed by atoms with Crippen molar-refractivity contribution in [1.82, 2.24) is 0 Å². The minimum Gasteiger partial charge on any atom is -0.502 e. The fourth-order valence-electron chi connectivity index (χ4n) is 8.35. The van der Waals surface area contributed by atoms with Crippen LogP contribution in [0.4, 0.5) is 21.5 Å². The second-order valence-electron chi connectivity index (χ2n) is 12.8. The average molecular weight is 690 g/mol. The number of hydrogen-bond acceptors (Lipinski definition) is 9. The van der Waals surface area contributed by atoms with E-state index in [1.165, 1.54) is 50.6 Å². The van der Waals surface area contributed by atoms with Crippen LogP contribution < -0.4 is 19.3 Å². The first-order valence-corrected chi connectivity index (χ1v) is 15.8. The van der Waals surface area contributed by atoms with Crippen LogP contribution in [0.15, 0.2) is 66.2 Å². The summed E-state index contributed by atoms with van der Waals surface area (Å²) in [7, 11) is 2.71. The number of rotatable bonds is 6. The zero-order chi connectivity index (χ0) is 35.1. The van der Waals surface area contributed by atoms with Gasteiger partial charge < -0.3 is 14.6 Å². The van der Waals surface area contributed by atoms with Crippen molar-refractivity contribution in [2.75, 3.05) is 24.0 Å². The topological polar surface area (TPSA) is 157 Å². The number of phenolic OH excluding ortho intramolecular Hbond substituents is 1. The number of amides is 4. The summed E-state index contributed by atoms with van der Waals surface area (Å²) < 4.78 is 25.0. The number of non-ortho nitro benzene ring substituents is 1. The molecule has 4 amide bonds. The van der Waals surface area contributed by atoms with Gasteiger partial charge in [0.25, 0.3) is 5.69 Å². The van der Waals surface area contributed by atoms with Crippen LogP contribution in [0.5, 0.6) is 17.2 Å². The lowest BCUT2D eigenvalue weighted by molar-refractivity contribution is -0.384. The van der Waals surface area contributed by atoms with Gasteiger partial charge in [0.05, 0.1) is 58.7 Å². The van der Waals surface area contributed by atoms with E-state index in [-0.39, 0.29) is 52.2 Å². The number of phenols is 1. The summed E-state index contributed by atoms with van der Waals surface area (Å²) in [6.07, 6.45) is 2.00. The number of ether oxygens (including phenoxy) is 2.